The molecular weight excluding hydrogens is 506 g/mol. The van der Waals surface area contributed by atoms with Gasteiger partial charge in [-0.25, -0.2) is 14.8 Å². The Morgan fingerprint density at radius 1 is 1.02 bits per heavy atom. The molecule has 0 atom stereocenters. The quantitative estimate of drug-likeness (QED) is 0.326. The highest BCUT2D eigenvalue weighted by Gasteiger charge is 2.28. The summed E-state index contributed by atoms with van der Waals surface area (Å²) in [5, 5.41) is 6.16. The van der Waals surface area contributed by atoms with E-state index < -0.39 is 11.7 Å². The number of H-pyrrole nitrogens is 1. The van der Waals surface area contributed by atoms with Crippen LogP contribution in [0.25, 0.3) is 22.3 Å². The Hall–Kier alpha value is -3.62. The summed E-state index contributed by atoms with van der Waals surface area (Å²) in [6.45, 7) is 10.3. The topological polar surface area (TPSA) is 118 Å². The number of alkyl carbamates (subject to hydrolysis) is 1. The van der Waals surface area contributed by atoms with Gasteiger partial charge in [0, 0.05) is 23.3 Å². The highest BCUT2D eigenvalue weighted by atomic mass is 16.6. The van der Waals surface area contributed by atoms with Crippen LogP contribution >= 0.6 is 0 Å². The van der Waals surface area contributed by atoms with Gasteiger partial charge in [-0.3, -0.25) is 4.79 Å². The molecule has 3 aromatic rings. The standard InChI is InChI=1S/C31H41N5O4/c1-6-19-9-14-24(39-16-20-7-8-20)23(15-19)26-28-27(33-17-32-26)25(18(2)34-28)29(37)35-21-10-12-22(13-11-21)36-30(38)40-31(3,4)5/h9,14-15,17,20-22,34H,6-8,10-13,16H2,1-5H3,(H,35,37)(H,36,38). The molecule has 3 N–H and O–H groups in total. The molecule has 0 bridgehead atoms. The van der Waals surface area contributed by atoms with Crippen molar-refractivity contribution < 1.29 is 19.1 Å². The highest BCUT2D eigenvalue weighted by Crippen LogP contribution is 2.37. The van der Waals surface area contributed by atoms with Crippen LogP contribution in [-0.4, -0.2) is 51.2 Å². The molecule has 214 valence electrons. The van der Waals surface area contributed by atoms with Crippen molar-refractivity contribution in [2.45, 2.75) is 97.2 Å². The fraction of sp³-hybridized carbons (Fsp3) is 0.548. The van der Waals surface area contributed by atoms with Gasteiger partial charge in [0.2, 0.25) is 0 Å². The van der Waals surface area contributed by atoms with E-state index in [9.17, 15) is 9.59 Å². The first-order valence-electron chi connectivity index (χ1n) is 14.5. The zero-order valence-electron chi connectivity index (χ0n) is 24.2. The number of benzene rings is 1. The predicted molar refractivity (Wildman–Crippen MR) is 155 cm³/mol. The molecule has 2 saturated carbocycles. The van der Waals surface area contributed by atoms with Gasteiger partial charge < -0.3 is 25.1 Å². The van der Waals surface area contributed by atoms with Crippen molar-refractivity contribution in [1.29, 1.82) is 0 Å². The van der Waals surface area contributed by atoms with Gasteiger partial charge in [-0.05, 0) is 96.3 Å². The van der Waals surface area contributed by atoms with E-state index in [4.69, 9.17) is 9.47 Å². The van der Waals surface area contributed by atoms with Crippen molar-refractivity contribution in [3.63, 3.8) is 0 Å². The number of aromatic nitrogens is 3. The normalized spacial score (nSPS) is 19.3. The number of aryl methyl sites for hydroxylation is 2. The molecule has 0 radical (unpaired) electrons. The molecule has 40 heavy (non-hydrogen) atoms. The minimum absolute atomic E-state index is 0.0264. The lowest BCUT2D eigenvalue weighted by atomic mass is 9.91. The average molecular weight is 548 g/mol. The first-order valence-corrected chi connectivity index (χ1v) is 14.5. The molecule has 5 rings (SSSR count). The smallest absolute Gasteiger partial charge is 0.407 e. The number of ether oxygens (including phenoxy) is 2. The molecule has 1 aromatic carbocycles. The summed E-state index contributed by atoms with van der Waals surface area (Å²) in [5.41, 5.74) is 4.95. The zero-order valence-corrected chi connectivity index (χ0v) is 24.2. The zero-order chi connectivity index (χ0) is 28.4. The minimum atomic E-state index is -0.528. The van der Waals surface area contributed by atoms with Crippen LogP contribution in [-0.2, 0) is 11.2 Å². The molecule has 2 fully saturated rings. The summed E-state index contributed by atoms with van der Waals surface area (Å²) in [7, 11) is 0. The molecular formula is C31H41N5O4. The average Bonchev–Trinajstić information content (AvgIpc) is 3.67. The molecule has 0 unspecified atom stereocenters. The minimum Gasteiger partial charge on any atom is -0.493 e. The summed E-state index contributed by atoms with van der Waals surface area (Å²) in [5.74, 6) is 1.29. The maximum absolute atomic E-state index is 13.5. The molecule has 0 spiro atoms. The Morgan fingerprint density at radius 3 is 2.38 bits per heavy atom. The number of hydrogen-bond donors (Lipinski definition) is 3. The summed E-state index contributed by atoms with van der Waals surface area (Å²) < 4.78 is 11.6. The SMILES string of the molecule is CCc1ccc(OCC2CC2)c(-c2ncnc3c(C(=O)NC4CCC(NC(=O)OC(C)(C)C)CC4)c(C)[nH]c23)c1. The van der Waals surface area contributed by atoms with Crippen LogP contribution in [0.2, 0.25) is 0 Å². The maximum Gasteiger partial charge on any atom is 0.407 e. The monoisotopic (exact) mass is 547 g/mol. The third kappa shape index (κ3) is 6.57. The molecule has 2 heterocycles. The number of hydrogen-bond acceptors (Lipinski definition) is 6. The molecule has 9 nitrogen and oxygen atoms in total. The van der Waals surface area contributed by atoms with Gasteiger partial charge in [-0.2, -0.15) is 0 Å². The Kier molecular flexibility index (Phi) is 8.01. The lowest BCUT2D eigenvalue weighted by Crippen LogP contribution is -2.45. The van der Waals surface area contributed by atoms with Crippen molar-refractivity contribution >= 4 is 23.0 Å². The number of nitrogens with zero attached hydrogens (tertiary/aromatic N) is 2. The second-order valence-electron chi connectivity index (χ2n) is 12.2. The first kappa shape index (κ1) is 27.9. The summed E-state index contributed by atoms with van der Waals surface area (Å²) in [4.78, 5) is 38.2. The van der Waals surface area contributed by atoms with Gasteiger partial charge in [-0.15, -0.1) is 0 Å². The summed E-state index contributed by atoms with van der Waals surface area (Å²) in [6.07, 6.45) is 7.58. The number of amides is 2. The number of fused-ring (bicyclic) bond motifs is 1. The molecule has 2 aliphatic rings. The van der Waals surface area contributed by atoms with E-state index >= 15 is 0 Å². The molecule has 0 aliphatic heterocycles. The van der Waals surface area contributed by atoms with Gasteiger partial charge in [-0.1, -0.05) is 13.0 Å². The lowest BCUT2D eigenvalue weighted by molar-refractivity contribution is 0.0488. The molecule has 9 heteroatoms. The maximum atomic E-state index is 13.5. The number of carbonyl (C=O) groups excluding carboxylic acids is 2. The van der Waals surface area contributed by atoms with E-state index in [-0.39, 0.29) is 18.0 Å². The van der Waals surface area contributed by atoms with Crippen LogP contribution in [0.4, 0.5) is 4.79 Å². The number of aromatic amines is 1. The van der Waals surface area contributed by atoms with E-state index in [1.54, 1.807) is 0 Å². The fourth-order valence-electron chi connectivity index (χ4n) is 5.32. The first-order chi connectivity index (χ1) is 19.1. The number of nitrogens with one attached hydrogen (secondary N) is 3. The molecule has 2 aromatic heterocycles. The van der Waals surface area contributed by atoms with Crippen LogP contribution in [0.15, 0.2) is 24.5 Å². The summed E-state index contributed by atoms with van der Waals surface area (Å²) >= 11 is 0. The van der Waals surface area contributed by atoms with Gasteiger partial charge in [0.05, 0.1) is 17.7 Å². The largest absolute Gasteiger partial charge is 0.493 e. The van der Waals surface area contributed by atoms with Crippen molar-refractivity contribution in [3.8, 4) is 17.0 Å². The van der Waals surface area contributed by atoms with E-state index in [0.717, 1.165) is 60.3 Å². The van der Waals surface area contributed by atoms with Crippen LogP contribution in [0, 0.1) is 12.8 Å². The predicted octanol–water partition coefficient (Wildman–Crippen LogP) is 5.85. The number of rotatable bonds is 8. The summed E-state index contributed by atoms with van der Waals surface area (Å²) in [6, 6.07) is 6.33. The van der Waals surface area contributed by atoms with Crippen molar-refractivity contribution in [1.82, 2.24) is 25.6 Å². The Bertz CT molecular complexity index is 1380. The number of carbonyl (C=O) groups is 2. The lowest BCUT2D eigenvalue weighted by Gasteiger charge is -2.30. The second kappa shape index (κ2) is 11.5. The third-order valence-electron chi connectivity index (χ3n) is 7.66. The van der Waals surface area contributed by atoms with E-state index in [2.05, 4.69) is 44.6 Å². The van der Waals surface area contributed by atoms with Crippen LogP contribution in [0.1, 0.15) is 87.8 Å². The van der Waals surface area contributed by atoms with Gasteiger partial charge in [0.1, 0.15) is 28.9 Å². The Morgan fingerprint density at radius 2 is 1.73 bits per heavy atom. The third-order valence-corrected chi connectivity index (χ3v) is 7.66. The molecule has 2 amide bonds. The Labute approximate surface area is 235 Å². The molecule has 2 aliphatic carbocycles. The fourth-order valence-corrected chi connectivity index (χ4v) is 5.32. The van der Waals surface area contributed by atoms with Crippen LogP contribution < -0.4 is 15.4 Å². The van der Waals surface area contributed by atoms with Crippen LogP contribution in [0.5, 0.6) is 5.75 Å². The van der Waals surface area contributed by atoms with Crippen molar-refractivity contribution in [3.05, 3.63) is 41.3 Å². The van der Waals surface area contributed by atoms with Crippen molar-refractivity contribution in [2.24, 2.45) is 5.92 Å². The van der Waals surface area contributed by atoms with E-state index in [1.165, 1.54) is 24.7 Å². The van der Waals surface area contributed by atoms with Crippen LogP contribution in [0.3, 0.4) is 0 Å². The highest BCUT2D eigenvalue weighted by molar-refractivity contribution is 6.09. The second-order valence-corrected chi connectivity index (χ2v) is 12.2. The van der Waals surface area contributed by atoms with Crippen molar-refractivity contribution in [2.75, 3.05) is 6.61 Å². The van der Waals surface area contributed by atoms with E-state index in [0.29, 0.717) is 23.6 Å². The van der Waals surface area contributed by atoms with Gasteiger partial charge in [0.25, 0.3) is 5.91 Å². The molecule has 0 saturated heterocycles. The van der Waals surface area contributed by atoms with E-state index in [1.807, 2.05) is 33.8 Å². The Balaban J connectivity index is 1.31. The van der Waals surface area contributed by atoms with Gasteiger partial charge >= 0.3 is 6.09 Å². The van der Waals surface area contributed by atoms with Gasteiger partial charge in [0.15, 0.2) is 0 Å².